The Morgan fingerprint density at radius 3 is 2.66 bits per heavy atom. The van der Waals surface area contributed by atoms with Gasteiger partial charge in [0.25, 0.3) is 5.89 Å². The lowest BCUT2D eigenvalue weighted by molar-refractivity contribution is 0.185. The molecule has 7 heteroatoms. The summed E-state index contributed by atoms with van der Waals surface area (Å²) < 4.78 is 25.0. The molecule has 0 atom stereocenters. The second kappa shape index (κ2) is 7.81. The fourth-order valence-electron chi connectivity index (χ4n) is 3.11. The van der Waals surface area contributed by atoms with E-state index < -0.39 is 0 Å². The first-order valence-corrected chi connectivity index (χ1v) is 9.00. The molecule has 0 unspecified atom stereocenters. The minimum Gasteiger partial charge on any atom is -0.383 e. The van der Waals surface area contributed by atoms with Crippen LogP contribution in [0.4, 0.5) is 10.2 Å². The van der Waals surface area contributed by atoms with Crippen LogP contribution < -0.4 is 5.73 Å². The van der Waals surface area contributed by atoms with Crippen LogP contribution in [-0.4, -0.2) is 22.2 Å². The Hall–Kier alpha value is -3.58. The Bertz CT molecular complexity index is 1170. The predicted molar refractivity (Wildman–Crippen MR) is 108 cm³/mol. The molecule has 0 saturated carbocycles. The van der Waals surface area contributed by atoms with Crippen molar-refractivity contribution in [1.82, 2.24) is 15.1 Å². The molecule has 0 fully saturated rings. The third-order valence-electron chi connectivity index (χ3n) is 4.62. The maximum Gasteiger partial charge on any atom is 0.258 e. The third-order valence-corrected chi connectivity index (χ3v) is 4.62. The van der Waals surface area contributed by atoms with Crippen molar-refractivity contribution in [3.05, 3.63) is 71.7 Å². The van der Waals surface area contributed by atoms with E-state index in [2.05, 4.69) is 15.1 Å². The number of nitrogen functional groups attached to an aromatic ring is 1. The van der Waals surface area contributed by atoms with Gasteiger partial charge in [-0.15, -0.1) is 0 Å². The Morgan fingerprint density at radius 1 is 1.07 bits per heavy atom. The summed E-state index contributed by atoms with van der Waals surface area (Å²) in [5.74, 6) is 0.947. The number of hydrogen-bond donors (Lipinski definition) is 1. The molecule has 4 rings (SSSR count). The first-order valence-electron chi connectivity index (χ1n) is 9.00. The zero-order valence-electron chi connectivity index (χ0n) is 16.0. The van der Waals surface area contributed by atoms with Crippen molar-refractivity contribution in [2.45, 2.75) is 13.5 Å². The average molecular weight is 390 g/mol. The van der Waals surface area contributed by atoms with Gasteiger partial charge in [0.15, 0.2) is 0 Å². The minimum absolute atomic E-state index is 0.288. The maximum absolute atomic E-state index is 14.3. The Balaban J connectivity index is 1.73. The number of ether oxygens (including phenoxy) is 1. The summed E-state index contributed by atoms with van der Waals surface area (Å²) in [5.41, 5.74) is 10.1. The van der Waals surface area contributed by atoms with Crippen molar-refractivity contribution in [3.8, 4) is 34.0 Å². The monoisotopic (exact) mass is 390 g/mol. The average Bonchev–Trinajstić information content (AvgIpc) is 3.21. The molecule has 0 saturated heterocycles. The molecular weight excluding hydrogens is 371 g/mol. The number of aryl methyl sites for hydroxylation is 1. The number of benzene rings is 2. The summed E-state index contributed by atoms with van der Waals surface area (Å²) in [6.45, 7) is 2.19. The first kappa shape index (κ1) is 18.8. The van der Waals surface area contributed by atoms with Crippen molar-refractivity contribution >= 4 is 5.82 Å². The van der Waals surface area contributed by atoms with Crippen LogP contribution in [0.25, 0.3) is 34.0 Å². The molecule has 0 radical (unpaired) electrons. The number of halogens is 1. The Morgan fingerprint density at radius 2 is 1.90 bits per heavy atom. The van der Waals surface area contributed by atoms with Gasteiger partial charge in [0.2, 0.25) is 5.82 Å². The zero-order valence-corrected chi connectivity index (χ0v) is 16.0. The molecule has 4 aromatic rings. The quantitative estimate of drug-likeness (QED) is 0.534. The molecule has 2 heterocycles. The largest absolute Gasteiger partial charge is 0.383 e. The lowest BCUT2D eigenvalue weighted by Gasteiger charge is -2.11. The van der Waals surface area contributed by atoms with E-state index in [1.165, 1.54) is 6.07 Å². The van der Waals surface area contributed by atoms with E-state index in [1.807, 2.05) is 31.2 Å². The lowest BCUT2D eigenvalue weighted by Crippen LogP contribution is -1.95. The number of nitrogens with two attached hydrogens (primary N) is 1. The van der Waals surface area contributed by atoms with E-state index >= 15 is 0 Å². The number of hydrogen-bond acceptors (Lipinski definition) is 6. The standard InChI is InChI=1S/C22H19FN4O2/c1-13-9-15(11-25-20(13)24)21-26-22(29-27-21)14-7-8-17(16(10-14)12-28-2)18-5-3-4-6-19(18)23/h3-11H,12H2,1-2H3,(H2,24,25). The van der Waals surface area contributed by atoms with Gasteiger partial charge < -0.3 is 15.0 Å². The van der Waals surface area contributed by atoms with Crippen LogP contribution in [0.2, 0.25) is 0 Å². The topological polar surface area (TPSA) is 87.1 Å². The van der Waals surface area contributed by atoms with Gasteiger partial charge in [-0.25, -0.2) is 9.37 Å². The molecular formula is C22H19FN4O2. The van der Waals surface area contributed by atoms with Gasteiger partial charge in [0, 0.05) is 30.0 Å². The lowest BCUT2D eigenvalue weighted by atomic mass is 9.97. The molecule has 0 aliphatic carbocycles. The Kier molecular flexibility index (Phi) is 5.05. The van der Waals surface area contributed by atoms with Gasteiger partial charge in [-0.3, -0.25) is 0 Å². The van der Waals surface area contributed by atoms with E-state index in [1.54, 1.807) is 31.5 Å². The Labute approximate surface area is 167 Å². The predicted octanol–water partition coefficient (Wildman–Crippen LogP) is 4.64. The van der Waals surface area contributed by atoms with Gasteiger partial charge in [-0.1, -0.05) is 29.4 Å². The molecule has 0 aliphatic heterocycles. The number of pyridine rings is 1. The van der Waals surface area contributed by atoms with Crippen LogP contribution in [0, 0.1) is 12.7 Å². The van der Waals surface area contributed by atoms with E-state index in [-0.39, 0.29) is 5.82 Å². The van der Waals surface area contributed by atoms with Gasteiger partial charge in [0.1, 0.15) is 11.6 Å². The molecule has 0 aliphatic rings. The van der Waals surface area contributed by atoms with Crippen LogP contribution >= 0.6 is 0 Å². The number of nitrogens with zero attached hydrogens (tertiary/aromatic N) is 3. The fraction of sp³-hybridized carbons (Fsp3) is 0.136. The molecule has 0 bridgehead atoms. The smallest absolute Gasteiger partial charge is 0.258 e. The van der Waals surface area contributed by atoms with Crippen LogP contribution in [-0.2, 0) is 11.3 Å². The highest BCUT2D eigenvalue weighted by Crippen LogP contribution is 2.31. The molecule has 2 aromatic heterocycles. The van der Waals surface area contributed by atoms with Crippen molar-refractivity contribution in [2.24, 2.45) is 0 Å². The van der Waals surface area contributed by atoms with Crippen molar-refractivity contribution in [1.29, 1.82) is 0 Å². The maximum atomic E-state index is 14.3. The first-order chi connectivity index (χ1) is 14.1. The SMILES string of the molecule is COCc1cc(-c2nc(-c3cnc(N)c(C)c3)no2)ccc1-c1ccccc1F. The van der Waals surface area contributed by atoms with Gasteiger partial charge in [-0.2, -0.15) is 4.98 Å². The molecule has 2 aromatic carbocycles. The molecule has 29 heavy (non-hydrogen) atoms. The molecule has 6 nitrogen and oxygen atoms in total. The summed E-state index contributed by atoms with van der Waals surface area (Å²) >= 11 is 0. The van der Waals surface area contributed by atoms with Gasteiger partial charge >= 0.3 is 0 Å². The van der Waals surface area contributed by atoms with E-state index in [0.717, 1.165) is 22.3 Å². The highest BCUT2D eigenvalue weighted by atomic mass is 19.1. The van der Waals surface area contributed by atoms with Crippen LogP contribution in [0.1, 0.15) is 11.1 Å². The van der Waals surface area contributed by atoms with Crippen LogP contribution in [0.15, 0.2) is 59.3 Å². The van der Waals surface area contributed by atoms with Gasteiger partial charge in [0.05, 0.1) is 6.61 Å². The van der Waals surface area contributed by atoms with Crippen LogP contribution in [0.5, 0.6) is 0 Å². The highest BCUT2D eigenvalue weighted by molar-refractivity contribution is 5.72. The summed E-state index contributed by atoms with van der Waals surface area (Å²) in [6, 6.07) is 14.0. The summed E-state index contributed by atoms with van der Waals surface area (Å²) in [6.07, 6.45) is 1.61. The van der Waals surface area contributed by atoms with Crippen molar-refractivity contribution < 1.29 is 13.7 Å². The summed E-state index contributed by atoms with van der Waals surface area (Å²) in [5, 5.41) is 4.05. The van der Waals surface area contributed by atoms with Gasteiger partial charge in [-0.05, 0) is 47.9 Å². The minimum atomic E-state index is -0.288. The second-order valence-corrected chi connectivity index (χ2v) is 6.63. The number of methoxy groups -OCH3 is 1. The number of aromatic nitrogens is 3. The fourth-order valence-corrected chi connectivity index (χ4v) is 3.11. The molecule has 0 spiro atoms. The second-order valence-electron chi connectivity index (χ2n) is 6.63. The normalized spacial score (nSPS) is 11.0. The summed E-state index contributed by atoms with van der Waals surface area (Å²) in [7, 11) is 1.60. The molecule has 2 N–H and O–H groups in total. The highest BCUT2D eigenvalue weighted by Gasteiger charge is 2.15. The van der Waals surface area contributed by atoms with Crippen LogP contribution in [0.3, 0.4) is 0 Å². The zero-order chi connectivity index (χ0) is 20.4. The number of anilines is 1. The molecule has 0 amide bonds. The van der Waals surface area contributed by atoms with Crippen molar-refractivity contribution in [3.63, 3.8) is 0 Å². The summed E-state index contributed by atoms with van der Waals surface area (Å²) in [4.78, 5) is 8.60. The van der Waals surface area contributed by atoms with E-state index in [9.17, 15) is 4.39 Å². The van der Waals surface area contributed by atoms with E-state index in [4.69, 9.17) is 15.0 Å². The van der Waals surface area contributed by atoms with Crippen molar-refractivity contribution in [2.75, 3.05) is 12.8 Å². The third kappa shape index (κ3) is 3.72. The molecule has 146 valence electrons. The number of rotatable bonds is 5. The van der Waals surface area contributed by atoms with E-state index in [0.29, 0.717) is 35.3 Å².